The van der Waals surface area contributed by atoms with Gasteiger partial charge in [0.2, 0.25) is 0 Å². The molecule has 0 radical (unpaired) electrons. The molecule has 17 heavy (non-hydrogen) atoms. The largest absolute Gasteiger partial charge is 0.399 e. The van der Waals surface area contributed by atoms with Crippen molar-refractivity contribution in [2.24, 2.45) is 0 Å². The fourth-order valence-corrected chi connectivity index (χ4v) is 1.86. The van der Waals surface area contributed by atoms with Crippen LogP contribution in [0.2, 0.25) is 5.02 Å². The molecule has 1 aromatic heterocycles. The quantitative estimate of drug-likeness (QED) is 0.788. The molecule has 0 fully saturated rings. The van der Waals surface area contributed by atoms with Gasteiger partial charge in [-0.15, -0.1) is 0 Å². The Labute approximate surface area is 106 Å². The summed E-state index contributed by atoms with van der Waals surface area (Å²) in [7, 11) is 0. The zero-order valence-corrected chi connectivity index (χ0v) is 11.0. The first kappa shape index (κ1) is 12.0. The Balaban J connectivity index is 2.44. The van der Waals surface area contributed by atoms with Crippen LogP contribution in [0.4, 0.5) is 5.69 Å². The molecule has 0 aliphatic rings. The average molecular weight is 250 g/mol. The molecule has 90 valence electrons. The Hall–Kier alpha value is -1.48. The first-order valence-electron chi connectivity index (χ1n) is 5.48. The summed E-state index contributed by atoms with van der Waals surface area (Å²) in [6.07, 6.45) is 3.77. The Kier molecular flexibility index (Phi) is 2.87. The van der Waals surface area contributed by atoms with Gasteiger partial charge >= 0.3 is 0 Å². The van der Waals surface area contributed by atoms with E-state index in [-0.39, 0.29) is 5.41 Å². The molecule has 0 aliphatic carbocycles. The molecule has 0 saturated carbocycles. The van der Waals surface area contributed by atoms with Gasteiger partial charge in [0.1, 0.15) is 0 Å². The lowest BCUT2D eigenvalue weighted by Crippen LogP contribution is -2.11. The zero-order chi connectivity index (χ0) is 12.6. The van der Waals surface area contributed by atoms with Crippen molar-refractivity contribution in [2.75, 3.05) is 5.73 Å². The summed E-state index contributed by atoms with van der Waals surface area (Å²) >= 11 is 6.16. The smallest absolute Gasteiger partial charge is 0.0995 e. The summed E-state index contributed by atoms with van der Waals surface area (Å²) in [4.78, 5) is 4.40. The van der Waals surface area contributed by atoms with Crippen LogP contribution < -0.4 is 5.73 Å². The van der Waals surface area contributed by atoms with Crippen LogP contribution in [0.1, 0.15) is 26.5 Å². The first-order valence-corrected chi connectivity index (χ1v) is 5.85. The Morgan fingerprint density at radius 2 is 2.00 bits per heavy atom. The van der Waals surface area contributed by atoms with Crippen LogP contribution in [-0.4, -0.2) is 9.55 Å². The molecule has 0 unspecified atom stereocenters. The van der Waals surface area contributed by atoms with E-state index < -0.39 is 0 Å². The molecule has 2 N–H and O–H groups in total. The summed E-state index contributed by atoms with van der Waals surface area (Å²) in [5.74, 6) is 0. The predicted octanol–water partition coefficient (Wildman–Crippen LogP) is 3.41. The van der Waals surface area contributed by atoms with E-state index in [4.69, 9.17) is 17.3 Å². The van der Waals surface area contributed by atoms with Gasteiger partial charge in [0.25, 0.3) is 0 Å². The number of nitrogen functional groups attached to an aromatic ring is 1. The molecule has 4 heteroatoms. The van der Waals surface area contributed by atoms with Crippen molar-refractivity contribution in [3.05, 3.63) is 41.4 Å². The maximum atomic E-state index is 6.16. The Morgan fingerprint density at radius 3 is 2.53 bits per heavy atom. The molecular formula is C13H16ClN3. The molecule has 0 bridgehead atoms. The molecular weight excluding hydrogens is 234 g/mol. The number of hydrogen-bond acceptors (Lipinski definition) is 2. The van der Waals surface area contributed by atoms with Crippen LogP contribution in [0.15, 0.2) is 30.7 Å². The van der Waals surface area contributed by atoms with Crippen molar-refractivity contribution in [1.82, 2.24) is 9.55 Å². The van der Waals surface area contributed by atoms with Gasteiger partial charge < -0.3 is 10.3 Å². The summed E-state index contributed by atoms with van der Waals surface area (Å²) in [6, 6.07) is 5.47. The molecule has 3 nitrogen and oxygen atoms in total. The average Bonchev–Trinajstić information content (AvgIpc) is 2.65. The fourth-order valence-electron chi connectivity index (χ4n) is 1.57. The van der Waals surface area contributed by atoms with Crippen LogP contribution in [0.25, 0.3) is 5.69 Å². The molecule has 0 aliphatic heterocycles. The zero-order valence-electron chi connectivity index (χ0n) is 10.2. The molecule has 1 aromatic carbocycles. The Bertz CT molecular complexity index is 538. The van der Waals surface area contributed by atoms with Crippen molar-refractivity contribution in [2.45, 2.75) is 26.2 Å². The maximum absolute atomic E-state index is 6.16. The van der Waals surface area contributed by atoms with Crippen molar-refractivity contribution < 1.29 is 0 Å². The third-order valence-corrected chi connectivity index (χ3v) is 2.90. The standard InChI is InChI=1S/C13H16ClN3/c1-13(2,3)12-7-17(8-16-12)11-5-4-9(15)6-10(11)14/h4-8H,15H2,1-3H3. The number of hydrogen-bond donors (Lipinski definition) is 1. The van der Waals surface area contributed by atoms with E-state index in [0.29, 0.717) is 10.7 Å². The van der Waals surface area contributed by atoms with E-state index in [2.05, 4.69) is 25.8 Å². The second-order valence-corrected chi connectivity index (χ2v) is 5.53. The molecule has 2 rings (SSSR count). The van der Waals surface area contributed by atoms with Gasteiger partial charge in [0.05, 0.1) is 22.7 Å². The monoisotopic (exact) mass is 249 g/mol. The molecule has 0 saturated heterocycles. The minimum atomic E-state index is 0.0333. The van der Waals surface area contributed by atoms with Gasteiger partial charge in [-0.2, -0.15) is 0 Å². The summed E-state index contributed by atoms with van der Waals surface area (Å²) in [5.41, 5.74) is 8.29. The number of nitrogens with zero attached hydrogens (tertiary/aromatic N) is 2. The lowest BCUT2D eigenvalue weighted by molar-refractivity contribution is 0.572. The molecule has 0 spiro atoms. The van der Waals surface area contributed by atoms with Crippen LogP contribution in [-0.2, 0) is 5.41 Å². The third-order valence-electron chi connectivity index (χ3n) is 2.60. The van der Waals surface area contributed by atoms with Crippen LogP contribution in [0.3, 0.4) is 0 Å². The number of halogens is 1. The van der Waals surface area contributed by atoms with Gasteiger partial charge in [-0.25, -0.2) is 4.98 Å². The second-order valence-electron chi connectivity index (χ2n) is 5.13. The first-order chi connectivity index (χ1) is 7.88. The van der Waals surface area contributed by atoms with Crippen molar-refractivity contribution in [3.63, 3.8) is 0 Å². The number of aromatic nitrogens is 2. The molecule has 0 amide bonds. The van der Waals surface area contributed by atoms with Crippen molar-refractivity contribution >= 4 is 17.3 Å². The van der Waals surface area contributed by atoms with Gasteiger partial charge in [-0.05, 0) is 18.2 Å². The number of rotatable bonds is 1. The fraction of sp³-hybridized carbons (Fsp3) is 0.308. The molecule has 0 atom stereocenters. The van der Waals surface area contributed by atoms with Gasteiger partial charge in [-0.3, -0.25) is 0 Å². The van der Waals surface area contributed by atoms with E-state index in [1.165, 1.54) is 0 Å². The highest BCUT2D eigenvalue weighted by Crippen LogP contribution is 2.25. The predicted molar refractivity (Wildman–Crippen MR) is 71.7 cm³/mol. The van der Waals surface area contributed by atoms with E-state index in [9.17, 15) is 0 Å². The highest BCUT2D eigenvalue weighted by molar-refractivity contribution is 6.32. The Morgan fingerprint density at radius 1 is 1.29 bits per heavy atom. The lowest BCUT2D eigenvalue weighted by Gasteiger charge is -2.14. The topological polar surface area (TPSA) is 43.8 Å². The number of anilines is 1. The minimum absolute atomic E-state index is 0.0333. The van der Waals surface area contributed by atoms with Crippen LogP contribution in [0, 0.1) is 0 Å². The SMILES string of the molecule is CC(C)(C)c1cn(-c2ccc(N)cc2Cl)cn1. The van der Waals surface area contributed by atoms with E-state index in [0.717, 1.165) is 11.4 Å². The lowest BCUT2D eigenvalue weighted by atomic mass is 9.93. The third kappa shape index (κ3) is 2.44. The highest BCUT2D eigenvalue weighted by Gasteiger charge is 2.17. The molecule has 1 heterocycles. The number of nitrogens with two attached hydrogens (primary N) is 1. The van der Waals surface area contributed by atoms with Crippen LogP contribution >= 0.6 is 11.6 Å². The summed E-state index contributed by atoms with van der Waals surface area (Å²) < 4.78 is 1.92. The van der Waals surface area contributed by atoms with Gasteiger partial charge in [-0.1, -0.05) is 32.4 Å². The van der Waals surface area contributed by atoms with Gasteiger partial charge in [0.15, 0.2) is 0 Å². The maximum Gasteiger partial charge on any atom is 0.0995 e. The number of benzene rings is 1. The summed E-state index contributed by atoms with van der Waals surface area (Å²) in [6.45, 7) is 6.39. The second kappa shape index (κ2) is 4.08. The van der Waals surface area contributed by atoms with Gasteiger partial charge in [0, 0.05) is 17.3 Å². The normalized spacial score (nSPS) is 11.8. The molecule has 2 aromatic rings. The minimum Gasteiger partial charge on any atom is -0.399 e. The van der Waals surface area contributed by atoms with Crippen molar-refractivity contribution in [1.29, 1.82) is 0 Å². The van der Waals surface area contributed by atoms with Crippen molar-refractivity contribution in [3.8, 4) is 5.69 Å². The highest BCUT2D eigenvalue weighted by atomic mass is 35.5. The summed E-state index contributed by atoms with van der Waals surface area (Å²) in [5, 5.41) is 0.628. The van der Waals surface area contributed by atoms with E-state index in [1.807, 2.05) is 22.9 Å². The van der Waals surface area contributed by atoms with Crippen LogP contribution in [0.5, 0.6) is 0 Å². The van der Waals surface area contributed by atoms with E-state index >= 15 is 0 Å². The number of imidazole rings is 1. The van der Waals surface area contributed by atoms with E-state index in [1.54, 1.807) is 12.4 Å².